The van der Waals surface area contributed by atoms with Gasteiger partial charge in [-0.25, -0.2) is 14.1 Å². The Bertz CT molecular complexity index is 968. The number of ether oxygens (including phenoxy) is 1. The molecule has 3 aromatic rings. The average Bonchev–Trinajstić information content (AvgIpc) is 2.98. The topological polar surface area (TPSA) is 69.0 Å². The van der Waals surface area contributed by atoms with Gasteiger partial charge in [0.2, 0.25) is 11.8 Å². The van der Waals surface area contributed by atoms with Crippen molar-refractivity contribution in [1.82, 2.24) is 14.8 Å². The van der Waals surface area contributed by atoms with E-state index in [1.165, 1.54) is 49.5 Å². The second-order valence-electron chi connectivity index (χ2n) is 5.41. The molecular formula is C17H12F4N4O2. The molecule has 0 unspecified atom stereocenters. The summed E-state index contributed by atoms with van der Waals surface area (Å²) in [7, 11) is 1.29. The maximum absolute atomic E-state index is 12.9. The lowest BCUT2D eigenvalue weighted by atomic mass is 10.3. The number of aryl methyl sites for hydroxylation is 1. The van der Waals surface area contributed by atoms with Gasteiger partial charge in [0.1, 0.15) is 11.5 Å². The Kier molecular flexibility index (Phi) is 4.80. The van der Waals surface area contributed by atoms with Crippen molar-refractivity contribution in [2.45, 2.75) is 6.18 Å². The average molecular weight is 380 g/mol. The second kappa shape index (κ2) is 7.06. The van der Waals surface area contributed by atoms with Crippen LogP contribution in [0.3, 0.4) is 0 Å². The van der Waals surface area contributed by atoms with Gasteiger partial charge in [0, 0.05) is 24.9 Å². The van der Waals surface area contributed by atoms with Gasteiger partial charge in [-0.3, -0.25) is 4.79 Å². The van der Waals surface area contributed by atoms with E-state index in [4.69, 9.17) is 4.74 Å². The lowest BCUT2D eigenvalue weighted by Crippen LogP contribution is -2.13. The molecule has 0 fully saturated rings. The van der Waals surface area contributed by atoms with E-state index in [1.54, 1.807) is 0 Å². The number of aromatic nitrogens is 3. The molecule has 0 aliphatic rings. The van der Waals surface area contributed by atoms with E-state index in [1.807, 2.05) is 0 Å². The number of anilines is 1. The summed E-state index contributed by atoms with van der Waals surface area (Å²) in [6, 6.07) is 10.1. The number of halogens is 4. The maximum Gasteiger partial charge on any atom is 0.435 e. The first kappa shape index (κ1) is 18.4. The quantitative estimate of drug-likeness (QED) is 0.695. The molecule has 1 N–H and O–H groups in total. The molecule has 0 aliphatic carbocycles. The fraction of sp³-hybridized carbons (Fsp3) is 0.118. The monoisotopic (exact) mass is 380 g/mol. The lowest BCUT2D eigenvalue weighted by Gasteiger charge is -2.07. The van der Waals surface area contributed by atoms with Gasteiger partial charge < -0.3 is 10.1 Å². The summed E-state index contributed by atoms with van der Waals surface area (Å²) in [5.41, 5.74) is -0.781. The Morgan fingerprint density at radius 2 is 1.85 bits per heavy atom. The number of nitrogens with one attached hydrogen (secondary N) is 1. The van der Waals surface area contributed by atoms with Gasteiger partial charge in [-0.15, -0.1) is 0 Å². The van der Waals surface area contributed by atoms with Crippen LogP contribution in [0.2, 0.25) is 0 Å². The van der Waals surface area contributed by atoms with Crippen LogP contribution >= 0.6 is 0 Å². The number of benzene rings is 1. The number of carbonyl (C=O) groups excluding carboxylic acids is 1. The van der Waals surface area contributed by atoms with Crippen LogP contribution in [0.25, 0.3) is 0 Å². The van der Waals surface area contributed by atoms with Gasteiger partial charge in [0.05, 0.1) is 0 Å². The molecule has 10 heteroatoms. The number of hydrogen-bond acceptors (Lipinski definition) is 4. The van der Waals surface area contributed by atoms with Crippen LogP contribution in [0, 0.1) is 5.82 Å². The SMILES string of the molecule is Cn1nc(C(F)(F)F)cc1Oc1cccc(C(=O)Nc2ccc(F)cc2)n1. The van der Waals surface area contributed by atoms with Crippen molar-refractivity contribution in [3.63, 3.8) is 0 Å². The van der Waals surface area contributed by atoms with Crippen LogP contribution in [-0.2, 0) is 13.2 Å². The number of alkyl halides is 3. The summed E-state index contributed by atoms with van der Waals surface area (Å²) in [5, 5.41) is 5.85. The van der Waals surface area contributed by atoms with Gasteiger partial charge in [0.25, 0.3) is 5.91 Å². The van der Waals surface area contributed by atoms with Crippen molar-refractivity contribution in [1.29, 1.82) is 0 Å². The molecule has 27 heavy (non-hydrogen) atoms. The highest BCUT2D eigenvalue weighted by atomic mass is 19.4. The van der Waals surface area contributed by atoms with E-state index in [0.29, 0.717) is 5.69 Å². The first-order valence-corrected chi connectivity index (χ1v) is 7.55. The molecule has 2 heterocycles. The summed E-state index contributed by atoms with van der Waals surface area (Å²) < 4.78 is 57.2. The highest BCUT2D eigenvalue weighted by Crippen LogP contribution is 2.31. The van der Waals surface area contributed by atoms with Crippen molar-refractivity contribution in [2.75, 3.05) is 5.32 Å². The van der Waals surface area contributed by atoms with Gasteiger partial charge in [-0.1, -0.05) is 6.07 Å². The Hall–Kier alpha value is -3.43. The fourth-order valence-corrected chi connectivity index (χ4v) is 2.12. The van der Waals surface area contributed by atoms with Crippen LogP contribution < -0.4 is 10.1 Å². The Morgan fingerprint density at radius 1 is 1.15 bits per heavy atom. The Balaban J connectivity index is 1.76. The summed E-state index contributed by atoms with van der Waals surface area (Å²) >= 11 is 0. The number of rotatable bonds is 4. The molecular weight excluding hydrogens is 368 g/mol. The predicted molar refractivity (Wildman–Crippen MR) is 86.9 cm³/mol. The predicted octanol–water partition coefficient (Wildman–Crippen LogP) is 4.02. The van der Waals surface area contributed by atoms with Crippen molar-refractivity contribution in [3.8, 4) is 11.8 Å². The normalized spacial score (nSPS) is 11.3. The minimum atomic E-state index is -4.61. The first-order valence-electron chi connectivity index (χ1n) is 7.55. The Morgan fingerprint density at radius 3 is 2.48 bits per heavy atom. The number of pyridine rings is 1. The van der Waals surface area contributed by atoms with Gasteiger partial charge in [-0.05, 0) is 30.3 Å². The smallest absolute Gasteiger partial charge is 0.421 e. The standard InChI is InChI=1S/C17H12F4N4O2/c1-25-15(9-13(24-25)17(19,20)21)27-14-4-2-3-12(23-14)16(26)22-11-7-5-10(18)6-8-11/h2-9H,1H3,(H,22,26). The maximum atomic E-state index is 12.9. The molecule has 0 atom stereocenters. The van der Waals surface area contributed by atoms with Crippen LogP contribution in [0.15, 0.2) is 48.5 Å². The highest BCUT2D eigenvalue weighted by Gasteiger charge is 2.35. The largest absolute Gasteiger partial charge is 0.435 e. The first-order chi connectivity index (χ1) is 12.7. The molecule has 0 spiro atoms. The molecule has 140 valence electrons. The van der Waals surface area contributed by atoms with E-state index in [0.717, 1.165) is 10.7 Å². The molecule has 2 aromatic heterocycles. The van der Waals surface area contributed by atoms with Crippen LogP contribution in [0.4, 0.5) is 23.2 Å². The van der Waals surface area contributed by atoms with E-state index < -0.39 is 23.6 Å². The zero-order valence-corrected chi connectivity index (χ0v) is 13.8. The minimum absolute atomic E-state index is 0.0324. The third-order valence-electron chi connectivity index (χ3n) is 3.39. The number of nitrogens with zero attached hydrogens (tertiary/aromatic N) is 3. The molecule has 0 radical (unpaired) electrons. The molecule has 0 aliphatic heterocycles. The van der Waals surface area contributed by atoms with E-state index in [9.17, 15) is 22.4 Å². The minimum Gasteiger partial charge on any atom is -0.421 e. The lowest BCUT2D eigenvalue weighted by molar-refractivity contribution is -0.141. The summed E-state index contributed by atoms with van der Waals surface area (Å²) in [4.78, 5) is 16.2. The molecule has 1 aromatic carbocycles. The Labute approximate surface area is 150 Å². The summed E-state index contributed by atoms with van der Waals surface area (Å²) in [6.07, 6.45) is -4.61. The molecule has 0 saturated carbocycles. The molecule has 0 bridgehead atoms. The van der Waals surface area contributed by atoms with E-state index >= 15 is 0 Å². The number of carbonyl (C=O) groups is 1. The zero-order valence-electron chi connectivity index (χ0n) is 13.8. The van der Waals surface area contributed by atoms with Crippen molar-refractivity contribution in [3.05, 3.63) is 65.7 Å². The summed E-state index contributed by atoms with van der Waals surface area (Å²) in [5.74, 6) is -1.31. The third kappa shape index (κ3) is 4.40. The van der Waals surface area contributed by atoms with Crippen molar-refractivity contribution >= 4 is 11.6 Å². The van der Waals surface area contributed by atoms with E-state index in [-0.39, 0.29) is 17.5 Å². The number of hydrogen-bond donors (Lipinski definition) is 1. The van der Waals surface area contributed by atoms with Crippen LogP contribution in [0.5, 0.6) is 11.8 Å². The zero-order chi connectivity index (χ0) is 19.6. The molecule has 1 amide bonds. The van der Waals surface area contributed by atoms with Gasteiger partial charge in [-0.2, -0.15) is 18.3 Å². The fourth-order valence-electron chi connectivity index (χ4n) is 2.12. The molecule has 3 rings (SSSR count). The van der Waals surface area contributed by atoms with Gasteiger partial charge >= 0.3 is 6.18 Å². The van der Waals surface area contributed by atoms with Crippen LogP contribution in [0.1, 0.15) is 16.2 Å². The van der Waals surface area contributed by atoms with Crippen molar-refractivity contribution in [2.24, 2.45) is 7.05 Å². The summed E-state index contributed by atoms with van der Waals surface area (Å²) in [6.45, 7) is 0. The second-order valence-corrected chi connectivity index (χ2v) is 5.41. The van der Waals surface area contributed by atoms with Crippen molar-refractivity contribution < 1.29 is 27.1 Å². The highest BCUT2D eigenvalue weighted by molar-refractivity contribution is 6.02. The van der Waals surface area contributed by atoms with Gasteiger partial charge in [0.15, 0.2) is 5.69 Å². The number of amides is 1. The molecule has 0 saturated heterocycles. The van der Waals surface area contributed by atoms with E-state index in [2.05, 4.69) is 15.4 Å². The third-order valence-corrected chi connectivity index (χ3v) is 3.39. The van der Waals surface area contributed by atoms with Crippen LogP contribution in [-0.4, -0.2) is 20.7 Å². The molecule has 6 nitrogen and oxygen atoms in total.